The summed E-state index contributed by atoms with van der Waals surface area (Å²) in [4.78, 5) is 37.0. The number of ether oxygens (including phenoxy) is 1. The lowest BCUT2D eigenvalue weighted by Gasteiger charge is -2.07. The van der Waals surface area contributed by atoms with Gasteiger partial charge in [0.25, 0.3) is 11.2 Å². The van der Waals surface area contributed by atoms with Crippen molar-refractivity contribution < 1.29 is 14.5 Å². The van der Waals surface area contributed by atoms with Crippen LogP contribution in [0.3, 0.4) is 0 Å². The standard InChI is InChI=1S/C18H14N2O5/c1-11-3-2-4-13-9-14(17(21)19-16(11)13)10-25-18(22)12-5-7-15(8-6-12)20(23)24/h2-9H,10H2,1H3,(H,19,21). The van der Waals surface area contributed by atoms with Crippen LogP contribution < -0.4 is 5.56 Å². The fourth-order valence-corrected chi connectivity index (χ4v) is 2.48. The summed E-state index contributed by atoms with van der Waals surface area (Å²) >= 11 is 0. The summed E-state index contributed by atoms with van der Waals surface area (Å²) in [5.74, 6) is -0.654. The van der Waals surface area contributed by atoms with Gasteiger partial charge in [0.1, 0.15) is 6.61 Å². The number of aryl methyl sites for hydroxylation is 1. The summed E-state index contributed by atoms with van der Waals surface area (Å²) < 4.78 is 5.15. The van der Waals surface area contributed by atoms with Crippen molar-refractivity contribution in [2.75, 3.05) is 0 Å². The molecule has 25 heavy (non-hydrogen) atoms. The molecule has 0 bridgehead atoms. The minimum atomic E-state index is -0.654. The Morgan fingerprint density at radius 1 is 1.20 bits per heavy atom. The van der Waals surface area contributed by atoms with Gasteiger partial charge in [-0.15, -0.1) is 0 Å². The average Bonchev–Trinajstić information content (AvgIpc) is 2.60. The fraction of sp³-hybridized carbons (Fsp3) is 0.111. The van der Waals surface area contributed by atoms with Gasteiger partial charge >= 0.3 is 5.97 Å². The highest BCUT2D eigenvalue weighted by Crippen LogP contribution is 2.16. The normalized spacial score (nSPS) is 10.6. The van der Waals surface area contributed by atoms with E-state index in [9.17, 15) is 19.7 Å². The van der Waals surface area contributed by atoms with Gasteiger partial charge in [0.15, 0.2) is 0 Å². The van der Waals surface area contributed by atoms with Gasteiger partial charge in [0.2, 0.25) is 0 Å². The molecule has 0 saturated carbocycles. The van der Waals surface area contributed by atoms with Gasteiger partial charge in [0, 0.05) is 12.1 Å². The van der Waals surface area contributed by atoms with Crippen LogP contribution >= 0.6 is 0 Å². The highest BCUT2D eigenvalue weighted by molar-refractivity contribution is 5.89. The molecule has 0 aliphatic rings. The number of H-pyrrole nitrogens is 1. The van der Waals surface area contributed by atoms with Gasteiger partial charge in [-0.2, -0.15) is 0 Å². The van der Waals surface area contributed by atoms with Crippen molar-refractivity contribution in [1.82, 2.24) is 4.98 Å². The number of para-hydroxylation sites is 1. The van der Waals surface area contributed by atoms with Crippen LogP contribution in [0.4, 0.5) is 5.69 Å². The quantitative estimate of drug-likeness (QED) is 0.447. The number of carbonyl (C=O) groups excluding carboxylic acids is 1. The Kier molecular flexibility index (Phi) is 4.30. The molecule has 7 heteroatoms. The Bertz CT molecular complexity index is 1020. The molecule has 3 rings (SSSR count). The van der Waals surface area contributed by atoms with Crippen LogP contribution in [0.5, 0.6) is 0 Å². The number of aromatic nitrogens is 1. The predicted octanol–water partition coefficient (Wildman–Crippen LogP) is 3.10. The first-order valence-corrected chi connectivity index (χ1v) is 7.49. The molecule has 1 heterocycles. The number of fused-ring (bicyclic) bond motifs is 1. The number of hydrogen-bond donors (Lipinski definition) is 1. The molecule has 0 unspecified atom stereocenters. The smallest absolute Gasteiger partial charge is 0.338 e. The molecule has 7 nitrogen and oxygen atoms in total. The van der Waals surface area contributed by atoms with Crippen LogP contribution in [0.2, 0.25) is 0 Å². The zero-order valence-electron chi connectivity index (χ0n) is 13.3. The van der Waals surface area contributed by atoms with Crippen molar-refractivity contribution in [2.45, 2.75) is 13.5 Å². The lowest BCUT2D eigenvalue weighted by atomic mass is 10.1. The number of rotatable bonds is 4. The molecule has 2 aromatic carbocycles. The van der Waals surface area contributed by atoms with Crippen molar-refractivity contribution in [3.05, 3.63) is 85.7 Å². The van der Waals surface area contributed by atoms with Crippen LogP contribution in [0.15, 0.2) is 53.3 Å². The van der Waals surface area contributed by atoms with E-state index in [4.69, 9.17) is 4.74 Å². The molecule has 0 radical (unpaired) electrons. The lowest BCUT2D eigenvalue weighted by Crippen LogP contribution is -2.16. The molecule has 1 aromatic heterocycles. The summed E-state index contributed by atoms with van der Waals surface area (Å²) in [5.41, 5.74) is 1.77. The zero-order valence-corrected chi connectivity index (χ0v) is 13.3. The molecule has 0 aliphatic carbocycles. The first kappa shape index (κ1) is 16.4. The molecule has 0 amide bonds. The molecular formula is C18H14N2O5. The first-order chi connectivity index (χ1) is 12.0. The van der Waals surface area contributed by atoms with Crippen molar-refractivity contribution in [2.24, 2.45) is 0 Å². The van der Waals surface area contributed by atoms with Gasteiger partial charge in [0.05, 0.1) is 21.6 Å². The van der Waals surface area contributed by atoms with Gasteiger partial charge in [-0.3, -0.25) is 14.9 Å². The number of hydrogen-bond acceptors (Lipinski definition) is 5. The topological polar surface area (TPSA) is 102 Å². The Labute approximate surface area is 142 Å². The van der Waals surface area contributed by atoms with E-state index >= 15 is 0 Å². The van der Waals surface area contributed by atoms with E-state index < -0.39 is 10.9 Å². The number of nitro groups is 1. The molecule has 1 N–H and O–H groups in total. The number of benzene rings is 2. The minimum Gasteiger partial charge on any atom is -0.457 e. The van der Waals surface area contributed by atoms with Gasteiger partial charge in [-0.25, -0.2) is 4.79 Å². The third-order valence-electron chi connectivity index (χ3n) is 3.84. The minimum absolute atomic E-state index is 0.113. The summed E-state index contributed by atoms with van der Waals surface area (Å²) in [6.45, 7) is 1.71. The number of nitrogens with one attached hydrogen (secondary N) is 1. The molecular weight excluding hydrogens is 324 g/mol. The van der Waals surface area contributed by atoms with E-state index in [1.165, 1.54) is 24.3 Å². The van der Waals surface area contributed by atoms with Crippen LogP contribution in [0.25, 0.3) is 10.9 Å². The summed E-state index contributed by atoms with van der Waals surface area (Å²) in [6, 6.07) is 12.4. The number of aromatic amines is 1. The van der Waals surface area contributed by atoms with E-state index in [0.29, 0.717) is 5.56 Å². The Hall–Kier alpha value is -3.48. The number of nitrogens with zero attached hydrogens (tertiary/aromatic N) is 1. The Morgan fingerprint density at radius 2 is 1.92 bits per heavy atom. The van der Waals surface area contributed by atoms with Crippen molar-refractivity contribution in [1.29, 1.82) is 0 Å². The van der Waals surface area contributed by atoms with Crippen LogP contribution in [0, 0.1) is 17.0 Å². The number of nitro benzene ring substituents is 1. The predicted molar refractivity (Wildman–Crippen MR) is 91.5 cm³/mol. The number of pyridine rings is 1. The van der Waals surface area contributed by atoms with Crippen LogP contribution in [-0.2, 0) is 11.3 Å². The van der Waals surface area contributed by atoms with E-state index in [2.05, 4.69) is 4.98 Å². The monoisotopic (exact) mass is 338 g/mol. The van der Waals surface area contributed by atoms with E-state index in [1.807, 2.05) is 25.1 Å². The van der Waals surface area contributed by atoms with Crippen molar-refractivity contribution in [3.63, 3.8) is 0 Å². The summed E-state index contributed by atoms with van der Waals surface area (Å²) in [6.07, 6.45) is 0. The lowest BCUT2D eigenvalue weighted by molar-refractivity contribution is -0.384. The molecule has 126 valence electrons. The Balaban J connectivity index is 1.78. The summed E-state index contributed by atoms with van der Waals surface area (Å²) in [5, 5.41) is 11.5. The second-order valence-electron chi connectivity index (χ2n) is 5.54. The van der Waals surface area contributed by atoms with E-state index in [-0.39, 0.29) is 23.4 Å². The number of carbonyl (C=O) groups is 1. The van der Waals surface area contributed by atoms with Crippen molar-refractivity contribution >= 4 is 22.6 Å². The summed E-state index contributed by atoms with van der Waals surface area (Å²) in [7, 11) is 0. The molecule has 0 fully saturated rings. The van der Waals surface area contributed by atoms with E-state index in [0.717, 1.165) is 16.5 Å². The maximum atomic E-state index is 12.1. The average molecular weight is 338 g/mol. The van der Waals surface area contributed by atoms with E-state index in [1.54, 1.807) is 6.07 Å². The number of esters is 1. The maximum Gasteiger partial charge on any atom is 0.338 e. The highest BCUT2D eigenvalue weighted by Gasteiger charge is 2.12. The van der Waals surface area contributed by atoms with Crippen LogP contribution in [0.1, 0.15) is 21.5 Å². The number of non-ortho nitro benzene ring substituents is 1. The zero-order chi connectivity index (χ0) is 18.0. The molecule has 3 aromatic rings. The van der Waals surface area contributed by atoms with Crippen molar-refractivity contribution in [3.8, 4) is 0 Å². The fourth-order valence-electron chi connectivity index (χ4n) is 2.48. The van der Waals surface area contributed by atoms with Gasteiger partial charge < -0.3 is 9.72 Å². The van der Waals surface area contributed by atoms with Crippen LogP contribution in [-0.4, -0.2) is 15.9 Å². The molecule has 0 spiro atoms. The largest absolute Gasteiger partial charge is 0.457 e. The van der Waals surface area contributed by atoms with Gasteiger partial charge in [-0.05, 0) is 36.1 Å². The SMILES string of the molecule is Cc1cccc2cc(COC(=O)c3ccc([N+](=O)[O-])cc3)c(=O)[nH]c12. The first-order valence-electron chi connectivity index (χ1n) is 7.49. The maximum absolute atomic E-state index is 12.1. The van der Waals surface area contributed by atoms with Gasteiger partial charge in [-0.1, -0.05) is 18.2 Å². The molecule has 0 atom stereocenters. The Morgan fingerprint density at radius 3 is 2.60 bits per heavy atom. The highest BCUT2D eigenvalue weighted by atomic mass is 16.6. The third kappa shape index (κ3) is 3.40. The second-order valence-corrected chi connectivity index (χ2v) is 5.54. The second kappa shape index (κ2) is 6.56. The molecule has 0 saturated heterocycles. The third-order valence-corrected chi connectivity index (χ3v) is 3.84. The molecule has 0 aliphatic heterocycles.